The van der Waals surface area contributed by atoms with E-state index in [-0.39, 0.29) is 5.91 Å². The molecule has 21 heavy (non-hydrogen) atoms. The molecule has 2 aromatic rings. The zero-order valence-electron chi connectivity index (χ0n) is 12.4. The van der Waals surface area contributed by atoms with Gasteiger partial charge in [0, 0.05) is 18.5 Å². The lowest BCUT2D eigenvalue weighted by molar-refractivity contribution is -0.132. The number of benzene rings is 1. The van der Waals surface area contributed by atoms with Gasteiger partial charge in [-0.25, -0.2) is 0 Å². The number of aromatic amines is 1. The summed E-state index contributed by atoms with van der Waals surface area (Å²) in [5.41, 5.74) is 1.85. The number of carbonyl (C=O) groups is 1. The third kappa shape index (κ3) is 3.08. The number of rotatable bonds is 4. The number of amides is 1. The first-order valence-corrected chi connectivity index (χ1v) is 7.62. The number of aromatic nitrogens is 2. The van der Waals surface area contributed by atoms with Crippen LogP contribution in [0.2, 0.25) is 0 Å². The van der Waals surface area contributed by atoms with E-state index in [1.54, 1.807) is 0 Å². The van der Waals surface area contributed by atoms with Crippen LogP contribution < -0.4 is 5.32 Å². The monoisotopic (exact) mass is 286 g/mol. The van der Waals surface area contributed by atoms with Crippen molar-refractivity contribution in [1.29, 1.82) is 0 Å². The second kappa shape index (κ2) is 6.26. The van der Waals surface area contributed by atoms with Crippen molar-refractivity contribution in [3.63, 3.8) is 0 Å². The number of hydrogen-bond donors (Lipinski definition) is 2. The lowest BCUT2D eigenvalue weighted by Gasteiger charge is -2.32. The number of piperidine rings is 1. The van der Waals surface area contributed by atoms with Gasteiger partial charge in [-0.1, -0.05) is 18.2 Å². The van der Waals surface area contributed by atoms with Crippen LogP contribution in [0.4, 0.5) is 0 Å². The summed E-state index contributed by atoms with van der Waals surface area (Å²) in [5, 5.41) is 11.5. The fourth-order valence-electron chi connectivity index (χ4n) is 3.16. The number of carbonyl (C=O) groups excluding carboxylic acids is 1. The van der Waals surface area contributed by atoms with Crippen LogP contribution in [0, 0.1) is 5.92 Å². The van der Waals surface area contributed by atoms with Gasteiger partial charge in [0.15, 0.2) is 0 Å². The van der Waals surface area contributed by atoms with Crippen molar-refractivity contribution in [2.24, 2.45) is 5.92 Å². The van der Waals surface area contributed by atoms with E-state index in [0.717, 1.165) is 42.7 Å². The summed E-state index contributed by atoms with van der Waals surface area (Å²) in [6.45, 7) is 2.73. The molecule has 2 N–H and O–H groups in total. The molecule has 1 aromatic carbocycles. The molecular weight excluding hydrogens is 264 g/mol. The molecule has 0 saturated carbocycles. The SMILES string of the molecule is CNCC1CCCN(C(=O)Cc2[nH]nc3ccccc23)C1. The number of fused-ring (bicyclic) bond motifs is 1. The molecule has 2 heterocycles. The average molecular weight is 286 g/mol. The maximum Gasteiger partial charge on any atom is 0.228 e. The highest BCUT2D eigenvalue weighted by atomic mass is 16.2. The summed E-state index contributed by atoms with van der Waals surface area (Å²) in [4.78, 5) is 14.5. The molecular formula is C16H22N4O. The molecule has 1 unspecified atom stereocenters. The summed E-state index contributed by atoms with van der Waals surface area (Å²) >= 11 is 0. The fourth-order valence-corrected chi connectivity index (χ4v) is 3.16. The first kappa shape index (κ1) is 14.1. The Hall–Kier alpha value is -1.88. The highest BCUT2D eigenvalue weighted by molar-refractivity contribution is 5.87. The van der Waals surface area contributed by atoms with Crippen molar-refractivity contribution in [1.82, 2.24) is 20.4 Å². The molecule has 5 heteroatoms. The topological polar surface area (TPSA) is 61.0 Å². The predicted molar refractivity (Wildman–Crippen MR) is 83.0 cm³/mol. The minimum absolute atomic E-state index is 0.199. The van der Waals surface area contributed by atoms with Crippen molar-refractivity contribution in [3.8, 4) is 0 Å². The van der Waals surface area contributed by atoms with E-state index in [4.69, 9.17) is 0 Å². The fraction of sp³-hybridized carbons (Fsp3) is 0.500. The lowest BCUT2D eigenvalue weighted by atomic mass is 9.97. The van der Waals surface area contributed by atoms with Gasteiger partial charge in [-0.3, -0.25) is 9.89 Å². The van der Waals surface area contributed by atoms with Crippen LogP contribution in [0.3, 0.4) is 0 Å². The van der Waals surface area contributed by atoms with Gasteiger partial charge in [0.1, 0.15) is 0 Å². The highest BCUT2D eigenvalue weighted by Gasteiger charge is 2.23. The smallest absolute Gasteiger partial charge is 0.228 e. The third-order valence-electron chi connectivity index (χ3n) is 4.23. The molecule has 0 spiro atoms. The maximum absolute atomic E-state index is 12.5. The van der Waals surface area contributed by atoms with E-state index < -0.39 is 0 Å². The zero-order chi connectivity index (χ0) is 14.7. The normalized spacial score (nSPS) is 19.1. The zero-order valence-corrected chi connectivity index (χ0v) is 12.4. The summed E-state index contributed by atoms with van der Waals surface area (Å²) in [6.07, 6.45) is 2.71. The highest BCUT2D eigenvalue weighted by Crippen LogP contribution is 2.19. The van der Waals surface area contributed by atoms with Crippen LogP contribution in [0.25, 0.3) is 10.9 Å². The van der Waals surface area contributed by atoms with E-state index in [0.29, 0.717) is 12.3 Å². The summed E-state index contributed by atoms with van der Waals surface area (Å²) < 4.78 is 0. The van der Waals surface area contributed by atoms with Gasteiger partial charge >= 0.3 is 0 Å². The molecule has 1 amide bonds. The first-order valence-electron chi connectivity index (χ1n) is 7.62. The van der Waals surface area contributed by atoms with Crippen molar-refractivity contribution >= 4 is 16.8 Å². The Bertz CT molecular complexity index is 620. The largest absolute Gasteiger partial charge is 0.342 e. The number of nitrogens with zero attached hydrogens (tertiary/aromatic N) is 2. The van der Waals surface area contributed by atoms with Crippen molar-refractivity contribution in [2.45, 2.75) is 19.3 Å². The molecule has 5 nitrogen and oxygen atoms in total. The Labute approximate surface area is 124 Å². The number of para-hydroxylation sites is 1. The lowest BCUT2D eigenvalue weighted by Crippen LogP contribution is -2.43. The molecule has 1 aliphatic rings. The van der Waals surface area contributed by atoms with Crippen LogP contribution in [0.5, 0.6) is 0 Å². The Morgan fingerprint density at radius 3 is 3.19 bits per heavy atom. The molecule has 1 aromatic heterocycles. The molecule has 1 atom stereocenters. The number of H-pyrrole nitrogens is 1. The van der Waals surface area contributed by atoms with Crippen LogP contribution in [0.1, 0.15) is 18.5 Å². The molecule has 3 rings (SSSR count). The van der Waals surface area contributed by atoms with Gasteiger partial charge in [-0.15, -0.1) is 0 Å². The van der Waals surface area contributed by atoms with Gasteiger partial charge in [0.05, 0.1) is 17.6 Å². The second-order valence-electron chi connectivity index (χ2n) is 5.80. The Kier molecular flexibility index (Phi) is 4.20. The summed E-state index contributed by atoms with van der Waals surface area (Å²) in [7, 11) is 1.97. The quantitative estimate of drug-likeness (QED) is 0.897. The van der Waals surface area contributed by atoms with Gasteiger partial charge < -0.3 is 10.2 Å². The van der Waals surface area contributed by atoms with Crippen molar-refractivity contribution in [2.75, 3.05) is 26.7 Å². The Morgan fingerprint density at radius 2 is 2.33 bits per heavy atom. The van der Waals surface area contributed by atoms with Crippen LogP contribution in [0.15, 0.2) is 24.3 Å². The number of nitrogens with one attached hydrogen (secondary N) is 2. The molecule has 1 fully saturated rings. The van der Waals surface area contributed by atoms with E-state index in [1.807, 2.05) is 36.2 Å². The van der Waals surface area contributed by atoms with Gasteiger partial charge in [0.2, 0.25) is 5.91 Å². The van der Waals surface area contributed by atoms with Crippen molar-refractivity contribution < 1.29 is 4.79 Å². The summed E-state index contributed by atoms with van der Waals surface area (Å²) in [5.74, 6) is 0.774. The second-order valence-corrected chi connectivity index (χ2v) is 5.80. The van der Waals surface area contributed by atoms with E-state index in [1.165, 1.54) is 6.42 Å². The maximum atomic E-state index is 12.5. The average Bonchev–Trinajstić information content (AvgIpc) is 2.91. The van der Waals surface area contributed by atoms with Crippen LogP contribution in [-0.2, 0) is 11.2 Å². The Morgan fingerprint density at radius 1 is 1.48 bits per heavy atom. The number of likely N-dealkylation sites (tertiary alicyclic amines) is 1. The first-order chi connectivity index (χ1) is 10.3. The van der Waals surface area contributed by atoms with Gasteiger partial charge in [-0.2, -0.15) is 5.10 Å². The molecule has 112 valence electrons. The Balaban J connectivity index is 1.68. The van der Waals surface area contributed by atoms with Gasteiger partial charge in [0.25, 0.3) is 0 Å². The van der Waals surface area contributed by atoms with Gasteiger partial charge in [-0.05, 0) is 38.4 Å². The van der Waals surface area contributed by atoms with E-state index >= 15 is 0 Å². The minimum Gasteiger partial charge on any atom is -0.342 e. The minimum atomic E-state index is 0.199. The predicted octanol–water partition coefficient (Wildman–Crippen LogP) is 1.56. The third-order valence-corrected chi connectivity index (χ3v) is 4.23. The van der Waals surface area contributed by atoms with Crippen LogP contribution in [-0.4, -0.2) is 47.7 Å². The molecule has 1 aliphatic heterocycles. The molecule has 0 bridgehead atoms. The number of hydrogen-bond acceptors (Lipinski definition) is 3. The standard InChI is InChI=1S/C16H22N4O/c1-17-10-12-5-4-8-20(11-12)16(21)9-15-13-6-2-3-7-14(13)18-19-15/h2-3,6-7,12,17H,4-5,8-11H2,1H3,(H,18,19). The molecule has 0 radical (unpaired) electrons. The molecule has 1 saturated heterocycles. The van der Waals surface area contributed by atoms with Crippen LogP contribution >= 0.6 is 0 Å². The summed E-state index contributed by atoms with van der Waals surface area (Å²) in [6, 6.07) is 7.92. The molecule has 0 aliphatic carbocycles. The van der Waals surface area contributed by atoms with Crippen molar-refractivity contribution in [3.05, 3.63) is 30.0 Å². The van der Waals surface area contributed by atoms with E-state index in [2.05, 4.69) is 15.5 Å². The van der Waals surface area contributed by atoms with E-state index in [9.17, 15) is 4.79 Å².